The number of nitrogens with one attached hydrogen (secondary N) is 1. The summed E-state index contributed by atoms with van der Waals surface area (Å²) in [5.74, 6) is 0.167. The van der Waals surface area contributed by atoms with Gasteiger partial charge >= 0.3 is 5.69 Å². The summed E-state index contributed by atoms with van der Waals surface area (Å²) in [5, 5.41) is 14.2. The predicted octanol–water partition coefficient (Wildman–Crippen LogP) is 3.62. The molecular formula is C11H8Cl2N4O2. The summed E-state index contributed by atoms with van der Waals surface area (Å²) in [4.78, 5) is 13.9. The first-order valence-corrected chi connectivity index (χ1v) is 5.86. The van der Waals surface area contributed by atoms with Crippen LogP contribution in [0.25, 0.3) is 0 Å². The Balaban J connectivity index is 2.32. The van der Waals surface area contributed by atoms with Gasteiger partial charge in [0.25, 0.3) is 0 Å². The molecule has 0 aliphatic rings. The van der Waals surface area contributed by atoms with Gasteiger partial charge < -0.3 is 11.1 Å². The van der Waals surface area contributed by atoms with Crippen LogP contribution in [0, 0.1) is 10.1 Å². The van der Waals surface area contributed by atoms with Crippen LogP contribution in [-0.2, 0) is 0 Å². The molecule has 98 valence electrons. The third-order valence-corrected chi connectivity index (χ3v) is 3.13. The van der Waals surface area contributed by atoms with Crippen molar-refractivity contribution in [3.05, 3.63) is 50.5 Å². The van der Waals surface area contributed by atoms with E-state index in [1.807, 2.05) is 0 Å². The van der Waals surface area contributed by atoms with Gasteiger partial charge in [0.15, 0.2) is 0 Å². The number of hydrogen-bond donors (Lipinski definition) is 2. The quantitative estimate of drug-likeness (QED) is 0.666. The monoisotopic (exact) mass is 298 g/mol. The van der Waals surface area contributed by atoms with Crippen LogP contribution in [0.15, 0.2) is 30.3 Å². The van der Waals surface area contributed by atoms with Gasteiger partial charge in [-0.05, 0) is 18.2 Å². The van der Waals surface area contributed by atoms with Crippen molar-refractivity contribution in [2.45, 2.75) is 0 Å². The van der Waals surface area contributed by atoms with Crippen LogP contribution in [0.5, 0.6) is 0 Å². The van der Waals surface area contributed by atoms with Crippen LogP contribution in [0.1, 0.15) is 0 Å². The Morgan fingerprint density at radius 1 is 1.26 bits per heavy atom. The molecule has 1 heterocycles. The van der Waals surface area contributed by atoms with Crippen molar-refractivity contribution < 1.29 is 4.92 Å². The van der Waals surface area contributed by atoms with E-state index in [0.29, 0.717) is 21.6 Å². The Bertz CT molecular complexity index is 649. The van der Waals surface area contributed by atoms with E-state index in [4.69, 9.17) is 28.9 Å². The van der Waals surface area contributed by atoms with Crippen molar-refractivity contribution in [2.24, 2.45) is 0 Å². The second-order valence-electron chi connectivity index (χ2n) is 3.58. The zero-order chi connectivity index (χ0) is 14.0. The molecule has 0 unspecified atom stereocenters. The highest BCUT2D eigenvalue weighted by Gasteiger charge is 2.13. The highest BCUT2D eigenvalue weighted by molar-refractivity contribution is 6.43. The highest BCUT2D eigenvalue weighted by Crippen LogP contribution is 2.32. The van der Waals surface area contributed by atoms with E-state index in [0.717, 1.165) is 0 Å². The van der Waals surface area contributed by atoms with E-state index >= 15 is 0 Å². The Morgan fingerprint density at radius 3 is 2.63 bits per heavy atom. The van der Waals surface area contributed by atoms with Gasteiger partial charge in [0.1, 0.15) is 5.82 Å². The van der Waals surface area contributed by atoms with Crippen molar-refractivity contribution in [1.29, 1.82) is 0 Å². The van der Waals surface area contributed by atoms with Gasteiger partial charge in [-0.1, -0.05) is 29.3 Å². The van der Waals surface area contributed by atoms with Gasteiger partial charge in [-0.25, -0.2) is 4.98 Å². The fourth-order valence-electron chi connectivity index (χ4n) is 1.43. The molecule has 0 aliphatic carbocycles. The van der Waals surface area contributed by atoms with E-state index in [9.17, 15) is 10.1 Å². The SMILES string of the molecule is Nc1nc(Nc2cccc(Cl)c2Cl)ccc1[N+](=O)[O-]. The zero-order valence-corrected chi connectivity index (χ0v) is 10.9. The van der Waals surface area contributed by atoms with Crippen molar-refractivity contribution in [3.8, 4) is 0 Å². The average molecular weight is 299 g/mol. The second kappa shape index (κ2) is 5.29. The number of nitrogens with two attached hydrogens (primary N) is 1. The van der Waals surface area contributed by atoms with Gasteiger partial charge in [0, 0.05) is 6.07 Å². The summed E-state index contributed by atoms with van der Waals surface area (Å²) in [6.45, 7) is 0. The Kier molecular flexibility index (Phi) is 3.73. The molecule has 0 amide bonds. The number of nitro groups is 1. The summed E-state index contributed by atoms with van der Waals surface area (Å²) in [7, 11) is 0. The third-order valence-electron chi connectivity index (χ3n) is 2.31. The maximum absolute atomic E-state index is 10.6. The minimum atomic E-state index is -0.599. The molecule has 0 fully saturated rings. The summed E-state index contributed by atoms with van der Waals surface area (Å²) in [5.41, 5.74) is 5.78. The number of benzene rings is 1. The fraction of sp³-hybridized carbons (Fsp3) is 0. The lowest BCUT2D eigenvalue weighted by Gasteiger charge is -2.08. The lowest BCUT2D eigenvalue weighted by atomic mass is 10.3. The molecule has 0 saturated heterocycles. The molecule has 8 heteroatoms. The molecule has 6 nitrogen and oxygen atoms in total. The summed E-state index contributed by atoms with van der Waals surface area (Å²) in [6, 6.07) is 7.76. The molecule has 2 rings (SSSR count). The molecule has 0 radical (unpaired) electrons. The van der Waals surface area contributed by atoms with E-state index < -0.39 is 4.92 Å². The molecule has 1 aromatic carbocycles. The zero-order valence-electron chi connectivity index (χ0n) is 9.43. The average Bonchev–Trinajstić information content (AvgIpc) is 2.34. The highest BCUT2D eigenvalue weighted by atomic mass is 35.5. The van der Waals surface area contributed by atoms with E-state index in [-0.39, 0.29) is 11.5 Å². The lowest BCUT2D eigenvalue weighted by molar-refractivity contribution is -0.384. The maximum Gasteiger partial charge on any atom is 0.311 e. The Hall–Kier alpha value is -2.05. The van der Waals surface area contributed by atoms with E-state index in [1.165, 1.54) is 12.1 Å². The minimum absolute atomic E-state index is 0.173. The molecule has 19 heavy (non-hydrogen) atoms. The fourth-order valence-corrected chi connectivity index (χ4v) is 1.78. The molecule has 0 aliphatic heterocycles. The Morgan fingerprint density at radius 2 is 2.00 bits per heavy atom. The number of halogens is 2. The maximum atomic E-state index is 10.6. The van der Waals surface area contributed by atoms with E-state index in [1.54, 1.807) is 18.2 Å². The van der Waals surface area contributed by atoms with Crippen molar-refractivity contribution >= 4 is 46.2 Å². The number of aromatic nitrogens is 1. The largest absolute Gasteiger partial charge is 0.378 e. The number of nitrogen functional groups attached to an aromatic ring is 1. The number of anilines is 3. The number of pyridine rings is 1. The number of hydrogen-bond acceptors (Lipinski definition) is 5. The van der Waals surface area contributed by atoms with E-state index in [2.05, 4.69) is 10.3 Å². The molecule has 0 spiro atoms. The van der Waals surface area contributed by atoms with Gasteiger partial charge in [-0.2, -0.15) is 0 Å². The van der Waals surface area contributed by atoms with Crippen LogP contribution in [0.4, 0.5) is 23.0 Å². The third kappa shape index (κ3) is 2.86. The predicted molar refractivity (Wildman–Crippen MR) is 75.0 cm³/mol. The van der Waals surface area contributed by atoms with Crippen molar-refractivity contribution in [1.82, 2.24) is 4.98 Å². The van der Waals surface area contributed by atoms with Gasteiger partial charge in [-0.15, -0.1) is 0 Å². The molecule has 1 aromatic heterocycles. The number of nitrogens with zero attached hydrogens (tertiary/aromatic N) is 2. The van der Waals surface area contributed by atoms with Crippen molar-refractivity contribution in [2.75, 3.05) is 11.1 Å². The first-order valence-electron chi connectivity index (χ1n) is 5.11. The Labute approximate surface area is 118 Å². The smallest absolute Gasteiger partial charge is 0.311 e. The van der Waals surface area contributed by atoms with Crippen LogP contribution in [-0.4, -0.2) is 9.91 Å². The molecule has 0 saturated carbocycles. The molecule has 2 aromatic rings. The standard InChI is InChI=1S/C11H8Cl2N4O2/c12-6-2-1-3-7(10(6)13)15-9-5-4-8(17(18)19)11(14)16-9/h1-5H,(H3,14,15,16). The van der Waals surface area contributed by atoms with Crippen LogP contribution in [0.3, 0.4) is 0 Å². The topological polar surface area (TPSA) is 94.1 Å². The van der Waals surface area contributed by atoms with Crippen LogP contribution < -0.4 is 11.1 Å². The normalized spacial score (nSPS) is 10.2. The summed E-state index contributed by atoms with van der Waals surface area (Å²) in [6.07, 6.45) is 0. The first-order chi connectivity index (χ1) is 8.99. The second-order valence-corrected chi connectivity index (χ2v) is 4.37. The molecular weight excluding hydrogens is 291 g/mol. The molecule has 0 atom stereocenters. The first kappa shape index (κ1) is 13.4. The van der Waals surface area contributed by atoms with Gasteiger partial charge in [0.05, 0.1) is 20.7 Å². The minimum Gasteiger partial charge on any atom is -0.378 e. The van der Waals surface area contributed by atoms with Crippen molar-refractivity contribution in [3.63, 3.8) is 0 Å². The van der Waals surface area contributed by atoms with Crippen LogP contribution >= 0.6 is 23.2 Å². The van der Waals surface area contributed by atoms with Crippen LogP contribution in [0.2, 0.25) is 10.0 Å². The van der Waals surface area contributed by atoms with Gasteiger partial charge in [-0.3, -0.25) is 10.1 Å². The number of rotatable bonds is 3. The molecule has 3 N–H and O–H groups in total. The summed E-state index contributed by atoms with van der Waals surface area (Å²) >= 11 is 11.9. The lowest BCUT2D eigenvalue weighted by Crippen LogP contribution is -2.01. The summed E-state index contributed by atoms with van der Waals surface area (Å²) < 4.78 is 0. The van der Waals surface area contributed by atoms with Gasteiger partial charge in [0.2, 0.25) is 5.82 Å². The molecule has 0 bridgehead atoms.